The maximum Gasteiger partial charge on any atom is 0.264 e. The number of nitrogens with one attached hydrogen (secondary N) is 4. The number of piperazine rings is 2. The molecule has 4 aliphatic rings. The number of halogens is 2. The number of H-pyrrole nitrogens is 2. The molecule has 4 aliphatic heterocycles. The Morgan fingerprint density at radius 1 is 0.661 bits per heavy atom. The zero-order chi connectivity index (χ0) is 38.5. The fourth-order valence-electron chi connectivity index (χ4n) is 8.39. The fraction of sp³-hybridized carbons (Fsp3) is 0.333. The molecule has 4 N–H and O–H groups in total. The summed E-state index contributed by atoms with van der Waals surface area (Å²) in [5, 5.41) is 10.0. The fourth-order valence-corrected chi connectivity index (χ4v) is 8.87. The maximum atomic E-state index is 13.0. The number of aromatic nitrogens is 4. The van der Waals surface area contributed by atoms with Crippen LogP contribution in [0.3, 0.4) is 0 Å². The number of rotatable bonds is 4. The van der Waals surface area contributed by atoms with Crippen LogP contribution in [-0.4, -0.2) is 105 Å². The van der Waals surface area contributed by atoms with Crippen LogP contribution in [0.5, 0.6) is 11.5 Å². The largest absolute Gasteiger partial charge is 0.479 e. The average Bonchev–Trinajstić information content (AvgIpc) is 4.03. The van der Waals surface area contributed by atoms with Crippen molar-refractivity contribution in [2.24, 2.45) is 0 Å². The highest BCUT2D eigenvalue weighted by Crippen LogP contribution is 2.45. The van der Waals surface area contributed by atoms with Crippen molar-refractivity contribution >= 4 is 57.1 Å². The van der Waals surface area contributed by atoms with Crippen LogP contribution in [0.1, 0.15) is 25.0 Å². The van der Waals surface area contributed by atoms with Crippen LogP contribution >= 0.6 is 23.2 Å². The second-order valence-corrected chi connectivity index (χ2v) is 15.9. The van der Waals surface area contributed by atoms with Gasteiger partial charge in [0.05, 0.1) is 0 Å². The first-order chi connectivity index (χ1) is 27.2. The number of carbonyl (C=O) groups excluding carboxylic acids is 2. The second-order valence-electron chi connectivity index (χ2n) is 15.0. The van der Waals surface area contributed by atoms with E-state index in [0.29, 0.717) is 61.1 Å². The number of amides is 2. The van der Waals surface area contributed by atoms with E-state index in [1.165, 1.54) is 0 Å². The smallest absolute Gasteiger partial charge is 0.264 e. The van der Waals surface area contributed by atoms with Gasteiger partial charge in [-0.25, -0.2) is 9.97 Å². The van der Waals surface area contributed by atoms with Crippen LogP contribution in [-0.2, 0) is 22.4 Å². The molecule has 2 amide bonds. The lowest BCUT2D eigenvalue weighted by molar-refractivity contribution is -0.139. The summed E-state index contributed by atoms with van der Waals surface area (Å²) in [5.41, 5.74) is 7.37. The molecule has 14 heteroatoms. The first kappa shape index (κ1) is 36.5. The SMILES string of the molecule is C[C@H]1CN(C(=O)[C@@H]2Cc3cc(Cl)cc(-c4ccnc5[nH]ccc45)c3O2)CCN1.C[C@H]1CN(C(=O)[C@H]2Cc3cc(Cl)cc(-c4ccnc5[nH]ccc45)c3O2)CCN1. The van der Waals surface area contributed by atoms with E-state index < -0.39 is 12.2 Å². The Balaban J connectivity index is 0.000000146. The first-order valence-electron chi connectivity index (χ1n) is 19.1. The number of hydrogen-bond donors (Lipinski definition) is 4. The molecule has 0 spiro atoms. The van der Waals surface area contributed by atoms with E-state index >= 15 is 0 Å². The minimum absolute atomic E-state index is 0.0492. The number of fused-ring (bicyclic) bond motifs is 4. The van der Waals surface area contributed by atoms with Gasteiger partial charge in [0.1, 0.15) is 22.8 Å². The molecule has 0 bridgehead atoms. The first-order valence-corrected chi connectivity index (χ1v) is 19.8. The van der Waals surface area contributed by atoms with Gasteiger partial charge in [-0.3, -0.25) is 9.59 Å². The van der Waals surface area contributed by atoms with E-state index in [0.717, 1.165) is 80.0 Å². The van der Waals surface area contributed by atoms with E-state index in [-0.39, 0.29) is 11.8 Å². The number of benzene rings is 2. The molecule has 10 rings (SSSR count). The van der Waals surface area contributed by atoms with Crippen molar-refractivity contribution in [3.05, 3.63) is 94.5 Å². The summed E-state index contributed by atoms with van der Waals surface area (Å²) in [7, 11) is 0. The van der Waals surface area contributed by atoms with Gasteiger partial charge in [0, 0.05) is 132 Å². The summed E-state index contributed by atoms with van der Waals surface area (Å²) in [5.74, 6) is 1.60. The Labute approximate surface area is 333 Å². The van der Waals surface area contributed by atoms with E-state index in [2.05, 4.69) is 44.4 Å². The van der Waals surface area contributed by atoms with Gasteiger partial charge in [-0.2, -0.15) is 0 Å². The van der Waals surface area contributed by atoms with Crippen LogP contribution in [0.15, 0.2) is 73.3 Å². The molecule has 4 aromatic heterocycles. The predicted octanol–water partition coefficient (Wildman–Crippen LogP) is 6.01. The third kappa shape index (κ3) is 6.95. The van der Waals surface area contributed by atoms with Crippen LogP contribution in [0, 0.1) is 0 Å². The quantitative estimate of drug-likeness (QED) is 0.170. The molecule has 0 unspecified atom stereocenters. The molecule has 12 nitrogen and oxygen atoms in total. The molecule has 8 heterocycles. The number of aromatic amines is 2. The number of nitrogens with zero attached hydrogens (tertiary/aromatic N) is 4. The van der Waals surface area contributed by atoms with Crippen molar-refractivity contribution < 1.29 is 19.1 Å². The lowest BCUT2D eigenvalue weighted by atomic mass is 9.99. The van der Waals surface area contributed by atoms with Crippen molar-refractivity contribution in [3.63, 3.8) is 0 Å². The van der Waals surface area contributed by atoms with E-state index in [1.807, 2.05) is 70.7 Å². The van der Waals surface area contributed by atoms with Crippen molar-refractivity contribution in [1.82, 2.24) is 40.4 Å². The standard InChI is InChI=1S/2C21H21ClN4O2/c2*1-12-11-26(7-6-23-12)21(27)18-9-13-8-14(22)10-17(19(13)28-18)15-2-4-24-20-16(15)3-5-25-20/h2*2-5,8,10,12,18,23H,6-7,9,11H2,1H3,(H,24,25)/t12-,18+;12-,18-/m00/s1. The third-order valence-electron chi connectivity index (χ3n) is 11.0. The van der Waals surface area contributed by atoms with Gasteiger partial charge in [0.2, 0.25) is 0 Å². The summed E-state index contributed by atoms with van der Waals surface area (Å²) in [6, 6.07) is 16.1. The van der Waals surface area contributed by atoms with Crippen LogP contribution in [0.25, 0.3) is 44.3 Å². The molecule has 2 saturated heterocycles. The van der Waals surface area contributed by atoms with Gasteiger partial charge in [-0.1, -0.05) is 23.2 Å². The van der Waals surface area contributed by atoms with Crippen LogP contribution in [0.4, 0.5) is 0 Å². The summed E-state index contributed by atoms with van der Waals surface area (Å²) in [6.45, 7) is 8.63. The van der Waals surface area contributed by atoms with Gasteiger partial charge in [-0.05, 0) is 73.5 Å². The Kier molecular flexibility index (Phi) is 9.82. The molecule has 0 saturated carbocycles. The lowest BCUT2D eigenvalue weighted by Gasteiger charge is -2.33. The molecule has 4 atom stereocenters. The monoisotopic (exact) mass is 792 g/mol. The van der Waals surface area contributed by atoms with Gasteiger partial charge in [-0.15, -0.1) is 0 Å². The van der Waals surface area contributed by atoms with Gasteiger partial charge in [0.25, 0.3) is 11.8 Å². The van der Waals surface area contributed by atoms with E-state index in [9.17, 15) is 9.59 Å². The molecule has 6 aromatic rings. The molecule has 288 valence electrons. The number of pyridine rings is 2. The molecule has 56 heavy (non-hydrogen) atoms. The number of carbonyl (C=O) groups is 2. The zero-order valence-corrected chi connectivity index (χ0v) is 32.6. The summed E-state index contributed by atoms with van der Waals surface area (Å²) < 4.78 is 12.4. The highest BCUT2D eigenvalue weighted by molar-refractivity contribution is 6.31. The van der Waals surface area contributed by atoms with E-state index in [4.69, 9.17) is 32.7 Å². The number of ether oxygens (including phenoxy) is 2. The summed E-state index contributed by atoms with van der Waals surface area (Å²) in [4.78, 5) is 44.9. The van der Waals surface area contributed by atoms with Crippen molar-refractivity contribution in [2.75, 3.05) is 39.3 Å². The average molecular weight is 794 g/mol. The van der Waals surface area contributed by atoms with Gasteiger partial charge in [0.15, 0.2) is 12.2 Å². The summed E-state index contributed by atoms with van der Waals surface area (Å²) >= 11 is 12.8. The molecule has 0 aliphatic carbocycles. The van der Waals surface area contributed by atoms with Gasteiger partial charge >= 0.3 is 0 Å². The highest BCUT2D eigenvalue weighted by Gasteiger charge is 2.37. The summed E-state index contributed by atoms with van der Waals surface area (Å²) in [6.07, 6.45) is 7.35. The van der Waals surface area contributed by atoms with Crippen LogP contribution < -0.4 is 20.1 Å². The van der Waals surface area contributed by atoms with E-state index in [1.54, 1.807) is 12.4 Å². The molecule has 2 fully saturated rings. The minimum atomic E-state index is -0.499. The third-order valence-corrected chi connectivity index (χ3v) is 11.4. The Hall–Kier alpha value is -5.14. The molecule has 2 aromatic carbocycles. The molecule has 0 radical (unpaired) electrons. The molecular formula is C42H42Cl2N8O4. The normalized spacial score (nSPS) is 21.6. The predicted molar refractivity (Wildman–Crippen MR) is 217 cm³/mol. The zero-order valence-electron chi connectivity index (χ0n) is 31.1. The van der Waals surface area contributed by atoms with Crippen molar-refractivity contribution in [3.8, 4) is 33.8 Å². The topological polar surface area (TPSA) is 140 Å². The van der Waals surface area contributed by atoms with Crippen molar-refractivity contribution in [1.29, 1.82) is 0 Å². The highest BCUT2D eigenvalue weighted by atomic mass is 35.5. The Bertz CT molecular complexity index is 2300. The van der Waals surface area contributed by atoms with Gasteiger partial charge < -0.3 is 39.9 Å². The Morgan fingerprint density at radius 2 is 1.11 bits per heavy atom. The lowest BCUT2D eigenvalue weighted by Crippen LogP contribution is -2.54. The number of hydrogen-bond acceptors (Lipinski definition) is 8. The minimum Gasteiger partial charge on any atom is -0.479 e. The van der Waals surface area contributed by atoms with Crippen molar-refractivity contribution in [2.45, 2.75) is 51.0 Å². The second kappa shape index (κ2) is 15.1. The van der Waals surface area contributed by atoms with Crippen LogP contribution in [0.2, 0.25) is 10.0 Å². The Morgan fingerprint density at radius 3 is 1.54 bits per heavy atom. The maximum absolute atomic E-state index is 13.0. The molecular weight excluding hydrogens is 751 g/mol.